The molecule has 29 heavy (non-hydrogen) atoms. The van der Waals surface area contributed by atoms with E-state index in [9.17, 15) is 19.0 Å². The molecule has 2 rings (SSSR count). The van der Waals surface area contributed by atoms with Gasteiger partial charge in [0.05, 0.1) is 11.7 Å². The van der Waals surface area contributed by atoms with Gasteiger partial charge in [-0.25, -0.2) is 9.36 Å². The first-order chi connectivity index (χ1) is 13.1. The summed E-state index contributed by atoms with van der Waals surface area (Å²) in [6.07, 6.45) is -1.75. The van der Waals surface area contributed by atoms with E-state index in [0.717, 1.165) is 0 Å². The van der Waals surface area contributed by atoms with Gasteiger partial charge in [0.1, 0.15) is 12.2 Å². The zero-order valence-electron chi connectivity index (χ0n) is 17.9. The second-order valence-corrected chi connectivity index (χ2v) is 10.6. The molecule has 2 unspecified atom stereocenters. The maximum Gasteiger partial charge on any atom is 0.473 e. The van der Waals surface area contributed by atoms with Crippen molar-refractivity contribution in [1.82, 2.24) is 9.55 Å². The van der Waals surface area contributed by atoms with Gasteiger partial charge in [-0.3, -0.25) is 23.4 Å². The van der Waals surface area contributed by atoms with Gasteiger partial charge in [0, 0.05) is 19.4 Å². The first kappa shape index (κ1) is 24.0. The van der Waals surface area contributed by atoms with Gasteiger partial charge < -0.3 is 14.4 Å². The van der Waals surface area contributed by atoms with Crippen LogP contribution in [0.25, 0.3) is 0 Å². The van der Waals surface area contributed by atoms with E-state index in [1.54, 1.807) is 20.8 Å². The number of phosphoric acid groups is 1. The summed E-state index contributed by atoms with van der Waals surface area (Å²) in [5, 5.41) is 0. The normalized spacial score (nSPS) is 27.7. The van der Waals surface area contributed by atoms with Crippen molar-refractivity contribution >= 4 is 7.82 Å². The van der Waals surface area contributed by atoms with Crippen LogP contribution < -0.4 is 11.2 Å². The third-order valence-electron chi connectivity index (χ3n) is 4.14. The molecule has 0 amide bonds. The second-order valence-electron chi connectivity index (χ2n) is 9.29. The van der Waals surface area contributed by atoms with Crippen molar-refractivity contribution in [2.45, 2.75) is 78.1 Å². The molecular formula is C18H31N2O8P. The molecule has 0 bridgehead atoms. The topological polar surface area (TPSA) is 129 Å². The van der Waals surface area contributed by atoms with Crippen molar-refractivity contribution < 1.29 is 28.0 Å². The van der Waals surface area contributed by atoms with Gasteiger partial charge in [0.2, 0.25) is 0 Å². The number of rotatable bonds is 6. The Kier molecular flexibility index (Phi) is 6.99. The molecule has 1 aromatic heterocycles. The molecule has 2 N–H and O–H groups in total. The van der Waals surface area contributed by atoms with E-state index in [2.05, 4.69) is 4.98 Å². The van der Waals surface area contributed by atoms with Crippen LogP contribution in [0.4, 0.5) is 0 Å². The molecule has 0 aromatic carbocycles. The van der Waals surface area contributed by atoms with Crippen LogP contribution in [-0.4, -0.2) is 45.5 Å². The molecular weight excluding hydrogens is 403 g/mol. The van der Waals surface area contributed by atoms with E-state index in [1.165, 1.54) is 23.9 Å². The van der Waals surface area contributed by atoms with Crippen LogP contribution in [0.15, 0.2) is 21.9 Å². The molecule has 2 heterocycles. The van der Waals surface area contributed by atoms with E-state index < -0.39 is 49.2 Å². The molecule has 11 heteroatoms. The number of ether oxygens (including phenoxy) is 2. The standard InChI is InChI=1S/C18H31N2O8P/c1-17(2,3)10-11-13(27-29(23,24)28-18(4,5)6)14(25-7)15(26-11)20-9-8-12(21)19-16(20)22/h8-9,11,13-15H,10H2,1-7H3,(H,23,24)(H,19,21,22)/t11-,13?,14+,15-/m1/s1. The van der Waals surface area contributed by atoms with Crippen LogP contribution >= 0.6 is 7.82 Å². The Morgan fingerprint density at radius 2 is 1.83 bits per heavy atom. The highest BCUT2D eigenvalue weighted by Crippen LogP contribution is 2.52. The van der Waals surface area contributed by atoms with Gasteiger partial charge in [0.25, 0.3) is 5.56 Å². The summed E-state index contributed by atoms with van der Waals surface area (Å²) in [5.41, 5.74) is -2.35. The number of hydrogen-bond acceptors (Lipinski definition) is 7. The van der Waals surface area contributed by atoms with Crippen LogP contribution in [0.3, 0.4) is 0 Å². The van der Waals surface area contributed by atoms with Crippen LogP contribution in [0, 0.1) is 5.41 Å². The summed E-state index contributed by atoms with van der Waals surface area (Å²) in [7, 11) is -3.07. The van der Waals surface area contributed by atoms with E-state index in [0.29, 0.717) is 6.42 Å². The summed E-state index contributed by atoms with van der Waals surface area (Å²) in [6.45, 7) is 10.9. The van der Waals surface area contributed by atoms with Gasteiger partial charge in [-0.15, -0.1) is 0 Å². The van der Waals surface area contributed by atoms with Crippen molar-refractivity contribution in [2.75, 3.05) is 7.11 Å². The molecule has 0 radical (unpaired) electrons. The molecule has 10 nitrogen and oxygen atoms in total. The van der Waals surface area contributed by atoms with Crippen molar-refractivity contribution in [3.63, 3.8) is 0 Å². The maximum atomic E-state index is 12.6. The average molecular weight is 434 g/mol. The zero-order valence-corrected chi connectivity index (χ0v) is 18.8. The predicted molar refractivity (Wildman–Crippen MR) is 106 cm³/mol. The molecule has 1 fully saturated rings. The molecule has 1 aliphatic heterocycles. The van der Waals surface area contributed by atoms with Crippen LogP contribution in [0.2, 0.25) is 0 Å². The van der Waals surface area contributed by atoms with Crippen molar-refractivity contribution in [3.05, 3.63) is 33.1 Å². The third-order valence-corrected chi connectivity index (χ3v) is 5.43. The largest absolute Gasteiger partial charge is 0.473 e. The Balaban J connectivity index is 2.42. The number of H-pyrrole nitrogens is 1. The van der Waals surface area contributed by atoms with Crippen molar-refractivity contribution in [2.24, 2.45) is 5.41 Å². The molecule has 1 aromatic rings. The van der Waals surface area contributed by atoms with Crippen LogP contribution in [-0.2, 0) is 23.1 Å². The molecule has 1 aliphatic rings. The van der Waals surface area contributed by atoms with Gasteiger partial charge in [-0.1, -0.05) is 20.8 Å². The fourth-order valence-corrected chi connectivity index (χ4v) is 4.53. The van der Waals surface area contributed by atoms with E-state index >= 15 is 0 Å². The molecule has 5 atom stereocenters. The number of nitrogens with zero attached hydrogens (tertiary/aromatic N) is 1. The lowest BCUT2D eigenvalue weighted by molar-refractivity contribution is -0.0594. The number of phosphoric ester groups is 1. The summed E-state index contributed by atoms with van der Waals surface area (Å²) >= 11 is 0. The predicted octanol–water partition coefficient (Wildman–Crippen LogP) is 2.19. The van der Waals surface area contributed by atoms with Crippen molar-refractivity contribution in [1.29, 1.82) is 0 Å². The number of nitrogens with one attached hydrogen (secondary N) is 1. The Hall–Kier alpha value is -1.29. The summed E-state index contributed by atoms with van der Waals surface area (Å²) in [6, 6.07) is 1.18. The number of aromatic amines is 1. The van der Waals surface area contributed by atoms with Crippen molar-refractivity contribution in [3.8, 4) is 0 Å². The first-order valence-electron chi connectivity index (χ1n) is 9.33. The fourth-order valence-electron chi connectivity index (χ4n) is 3.23. The molecule has 1 saturated heterocycles. The number of methoxy groups -OCH3 is 1. The number of aromatic nitrogens is 2. The summed E-state index contributed by atoms with van der Waals surface area (Å²) in [4.78, 5) is 36.1. The minimum absolute atomic E-state index is 0.209. The monoisotopic (exact) mass is 434 g/mol. The molecule has 166 valence electrons. The Morgan fingerprint density at radius 3 is 2.31 bits per heavy atom. The second kappa shape index (κ2) is 8.45. The van der Waals surface area contributed by atoms with E-state index in [4.69, 9.17) is 18.5 Å². The smallest absolute Gasteiger partial charge is 0.374 e. The number of hydrogen-bond donors (Lipinski definition) is 2. The SMILES string of the molecule is CO[C@H]1C(OP(=O)(O)OC(C)(C)C)[C@@H](CC(C)(C)C)O[C@H]1n1ccc(=O)[nH]c1=O. The average Bonchev–Trinajstić information content (AvgIpc) is 2.79. The minimum Gasteiger partial charge on any atom is -0.374 e. The van der Waals surface area contributed by atoms with E-state index in [-0.39, 0.29) is 5.41 Å². The van der Waals surface area contributed by atoms with Crippen LogP contribution in [0.1, 0.15) is 54.2 Å². The Bertz CT molecular complexity index is 866. The quantitative estimate of drug-likeness (QED) is 0.652. The fraction of sp³-hybridized carbons (Fsp3) is 0.778. The Labute approximate surface area is 169 Å². The maximum absolute atomic E-state index is 12.6. The third kappa shape index (κ3) is 6.60. The lowest BCUT2D eigenvalue weighted by Crippen LogP contribution is -2.40. The summed E-state index contributed by atoms with van der Waals surface area (Å²) in [5.74, 6) is 0. The highest BCUT2D eigenvalue weighted by molar-refractivity contribution is 7.47. The Morgan fingerprint density at radius 1 is 1.21 bits per heavy atom. The first-order valence-corrected chi connectivity index (χ1v) is 10.8. The van der Waals surface area contributed by atoms with Gasteiger partial charge >= 0.3 is 13.5 Å². The minimum atomic E-state index is -4.46. The lowest BCUT2D eigenvalue weighted by atomic mass is 9.87. The molecule has 0 spiro atoms. The van der Waals surface area contributed by atoms with Gasteiger partial charge in [0.15, 0.2) is 6.23 Å². The highest BCUT2D eigenvalue weighted by Gasteiger charge is 2.51. The van der Waals surface area contributed by atoms with Gasteiger partial charge in [-0.2, -0.15) is 0 Å². The zero-order chi connectivity index (χ0) is 22.2. The molecule has 0 aliphatic carbocycles. The lowest BCUT2D eigenvalue weighted by Gasteiger charge is -2.30. The van der Waals surface area contributed by atoms with Gasteiger partial charge in [-0.05, 0) is 32.6 Å². The molecule has 0 saturated carbocycles. The van der Waals surface area contributed by atoms with E-state index in [1.807, 2.05) is 20.8 Å². The highest BCUT2D eigenvalue weighted by atomic mass is 31.2. The van der Waals surface area contributed by atoms with Crippen LogP contribution in [0.5, 0.6) is 0 Å². The summed E-state index contributed by atoms with van der Waals surface area (Å²) < 4.78 is 36.0.